The Morgan fingerprint density at radius 2 is 1.83 bits per heavy atom. The second kappa shape index (κ2) is 10.2. The summed E-state index contributed by atoms with van der Waals surface area (Å²) in [6.45, 7) is 4.58. The maximum Gasteiger partial charge on any atom is 0.224 e. The molecule has 2 aliphatic heterocycles. The first kappa shape index (κ1) is 21.2. The summed E-state index contributed by atoms with van der Waals surface area (Å²) < 4.78 is 12.9. The summed E-state index contributed by atoms with van der Waals surface area (Å²) in [5.41, 5.74) is 1.14. The minimum absolute atomic E-state index is 0. The molecule has 0 spiro atoms. The third-order valence-corrected chi connectivity index (χ3v) is 4.68. The summed E-state index contributed by atoms with van der Waals surface area (Å²) in [7, 11) is 0. The quantitative estimate of drug-likeness (QED) is 0.846. The van der Waals surface area contributed by atoms with E-state index in [4.69, 9.17) is 0 Å². The normalized spacial score (nSPS) is 21.6. The summed E-state index contributed by atoms with van der Waals surface area (Å²) in [4.78, 5) is 14.5. The largest absolute Gasteiger partial charge is 0.353 e. The summed E-state index contributed by atoms with van der Waals surface area (Å²) in [5, 5.41) is 6.43. The van der Waals surface area contributed by atoms with Crippen molar-refractivity contribution in [2.24, 2.45) is 5.92 Å². The zero-order valence-electron chi connectivity index (χ0n) is 13.7. The molecule has 0 radical (unpaired) electrons. The SMILES string of the molecule is Cl.Cl.O=C(NC1CCN(Cc2ccc(F)cc2)CC1)C1CCNC1. The molecular formula is C17H26Cl2FN3O. The smallest absolute Gasteiger partial charge is 0.224 e. The Morgan fingerprint density at radius 3 is 2.42 bits per heavy atom. The molecule has 24 heavy (non-hydrogen) atoms. The van der Waals surface area contributed by atoms with Crippen LogP contribution in [0.1, 0.15) is 24.8 Å². The molecule has 136 valence electrons. The molecule has 3 rings (SSSR count). The first-order chi connectivity index (χ1) is 10.7. The molecule has 2 saturated heterocycles. The number of benzene rings is 1. The number of hydrogen-bond donors (Lipinski definition) is 2. The van der Waals surface area contributed by atoms with Gasteiger partial charge >= 0.3 is 0 Å². The fourth-order valence-electron chi connectivity index (χ4n) is 3.28. The van der Waals surface area contributed by atoms with Gasteiger partial charge in [-0.2, -0.15) is 0 Å². The van der Waals surface area contributed by atoms with Crippen LogP contribution in [0.25, 0.3) is 0 Å². The van der Waals surface area contributed by atoms with Crippen LogP contribution in [0.4, 0.5) is 4.39 Å². The van der Waals surface area contributed by atoms with Crippen molar-refractivity contribution in [2.75, 3.05) is 26.2 Å². The van der Waals surface area contributed by atoms with E-state index in [-0.39, 0.29) is 42.5 Å². The number of nitrogens with one attached hydrogen (secondary N) is 2. The second-order valence-electron chi connectivity index (χ2n) is 6.38. The van der Waals surface area contributed by atoms with Gasteiger partial charge in [0.2, 0.25) is 5.91 Å². The predicted octanol–water partition coefficient (Wildman–Crippen LogP) is 2.36. The van der Waals surface area contributed by atoms with Crippen molar-refractivity contribution in [3.63, 3.8) is 0 Å². The molecular weight excluding hydrogens is 352 g/mol. The summed E-state index contributed by atoms with van der Waals surface area (Å²) in [6, 6.07) is 7.01. The van der Waals surface area contributed by atoms with Crippen molar-refractivity contribution in [3.8, 4) is 0 Å². The van der Waals surface area contributed by atoms with E-state index < -0.39 is 0 Å². The maximum atomic E-state index is 12.9. The lowest BCUT2D eigenvalue weighted by Gasteiger charge is -2.32. The number of halogens is 3. The maximum absolute atomic E-state index is 12.9. The van der Waals surface area contributed by atoms with Gasteiger partial charge in [-0.25, -0.2) is 4.39 Å². The van der Waals surface area contributed by atoms with E-state index in [1.165, 1.54) is 12.1 Å². The lowest BCUT2D eigenvalue weighted by molar-refractivity contribution is -0.125. The fourth-order valence-corrected chi connectivity index (χ4v) is 3.28. The molecule has 0 bridgehead atoms. The van der Waals surface area contributed by atoms with Crippen LogP contribution in [0.3, 0.4) is 0 Å². The Labute approximate surface area is 155 Å². The van der Waals surface area contributed by atoms with Gasteiger partial charge in [-0.3, -0.25) is 9.69 Å². The molecule has 2 aliphatic rings. The van der Waals surface area contributed by atoms with Crippen LogP contribution < -0.4 is 10.6 Å². The van der Waals surface area contributed by atoms with E-state index in [0.717, 1.165) is 57.5 Å². The Balaban J connectivity index is 0.00000144. The third-order valence-electron chi connectivity index (χ3n) is 4.68. The van der Waals surface area contributed by atoms with E-state index in [2.05, 4.69) is 15.5 Å². The van der Waals surface area contributed by atoms with Gasteiger partial charge in [0.15, 0.2) is 0 Å². The predicted molar refractivity (Wildman–Crippen MR) is 98.3 cm³/mol. The first-order valence-electron chi connectivity index (χ1n) is 8.18. The van der Waals surface area contributed by atoms with Crippen LogP contribution in [0.15, 0.2) is 24.3 Å². The standard InChI is InChI=1S/C17H24FN3O.2ClH/c18-15-3-1-13(2-4-15)12-21-9-6-16(7-10-21)20-17(22)14-5-8-19-11-14;;/h1-4,14,16,19H,5-12H2,(H,20,22);2*1H. The number of piperidine rings is 1. The monoisotopic (exact) mass is 377 g/mol. The van der Waals surface area contributed by atoms with Gasteiger partial charge in [0.05, 0.1) is 5.92 Å². The molecule has 7 heteroatoms. The lowest BCUT2D eigenvalue weighted by atomic mass is 10.0. The van der Waals surface area contributed by atoms with Crippen molar-refractivity contribution in [2.45, 2.75) is 31.8 Å². The van der Waals surface area contributed by atoms with Crippen LogP contribution in [0.2, 0.25) is 0 Å². The van der Waals surface area contributed by atoms with Crippen LogP contribution >= 0.6 is 24.8 Å². The molecule has 2 heterocycles. The molecule has 1 aromatic carbocycles. The highest BCUT2D eigenvalue weighted by Crippen LogP contribution is 2.16. The average Bonchev–Trinajstić information content (AvgIpc) is 3.06. The molecule has 4 nitrogen and oxygen atoms in total. The Hall–Kier alpha value is -0.880. The Bertz CT molecular complexity index is 501. The average molecular weight is 378 g/mol. The fraction of sp³-hybridized carbons (Fsp3) is 0.588. The number of likely N-dealkylation sites (tertiary alicyclic amines) is 1. The summed E-state index contributed by atoms with van der Waals surface area (Å²) >= 11 is 0. The van der Waals surface area contributed by atoms with Crippen LogP contribution in [0.5, 0.6) is 0 Å². The molecule has 1 atom stereocenters. The highest BCUT2D eigenvalue weighted by Gasteiger charge is 2.26. The number of carbonyl (C=O) groups excluding carboxylic acids is 1. The van der Waals surface area contributed by atoms with E-state index in [9.17, 15) is 9.18 Å². The van der Waals surface area contributed by atoms with Gasteiger partial charge in [-0.15, -0.1) is 24.8 Å². The van der Waals surface area contributed by atoms with Crippen LogP contribution in [0, 0.1) is 11.7 Å². The number of carbonyl (C=O) groups is 1. The van der Waals surface area contributed by atoms with Crippen molar-refractivity contribution in [1.82, 2.24) is 15.5 Å². The zero-order valence-corrected chi connectivity index (χ0v) is 15.3. The summed E-state index contributed by atoms with van der Waals surface area (Å²) in [5.74, 6) is 0.172. The first-order valence-corrected chi connectivity index (χ1v) is 8.18. The third kappa shape index (κ3) is 5.88. The number of rotatable bonds is 4. The van der Waals surface area contributed by atoms with Gasteiger partial charge in [0.1, 0.15) is 5.82 Å². The van der Waals surface area contributed by atoms with Gasteiger partial charge in [0.25, 0.3) is 0 Å². The Morgan fingerprint density at radius 1 is 1.17 bits per heavy atom. The van der Waals surface area contributed by atoms with E-state index >= 15 is 0 Å². The molecule has 1 amide bonds. The molecule has 0 saturated carbocycles. The number of nitrogens with zero attached hydrogens (tertiary/aromatic N) is 1. The molecule has 0 aliphatic carbocycles. The second-order valence-corrected chi connectivity index (χ2v) is 6.38. The minimum atomic E-state index is -0.188. The number of amides is 1. The van der Waals surface area contributed by atoms with Gasteiger partial charge in [-0.1, -0.05) is 12.1 Å². The molecule has 1 aromatic rings. The topological polar surface area (TPSA) is 44.4 Å². The van der Waals surface area contributed by atoms with E-state index in [0.29, 0.717) is 6.04 Å². The van der Waals surface area contributed by atoms with Crippen LogP contribution in [-0.4, -0.2) is 43.0 Å². The number of hydrogen-bond acceptors (Lipinski definition) is 3. The van der Waals surface area contributed by atoms with E-state index in [1.807, 2.05) is 12.1 Å². The van der Waals surface area contributed by atoms with Gasteiger partial charge in [0, 0.05) is 32.2 Å². The van der Waals surface area contributed by atoms with Crippen LogP contribution in [-0.2, 0) is 11.3 Å². The zero-order chi connectivity index (χ0) is 15.4. The highest BCUT2D eigenvalue weighted by atomic mass is 35.5. The van der Waals surface area contributed by atoms with E-state index in [1.54, 1.807) is 0 Å². The molecule has 2 fully saturated rings. The Kier molecular flexibility index (Phi) is 8.98. The molecule has 1 unspecified atom stereocenters. The van der Waals surface area contributed by atoms with Crippen molar-refractivity contribution < 1.29 is 9.18 Å². The van der Waals surface area contributed by atoms with Crippen molar-refractivity contribution in [3.05, 3.63) is 35.6 Å². The van der Waals surface area contributed by atoms with Gasteiger partial charge < -0.3 is 10.6 Å². The van der Waals surface area contributed by atoms with Crippen molar-refractivity contribution >= 4 is 30.7 Å². The molecule has 0 aromatic heterocycles. The molecule has 2 N–H and O–H groups in total. The summed E-state index contributed by atoms with van der Waals surface area (Å²) in [6.07, 6.45) is 2.94. The van der Waals surface area contributed by atoms with Crippen molar-refractivity contribution in [1.29, 1.82) is 0 Å². The van der Waals surface area contributed by atoms with Gasteiger partial charge in [-0.05, 0) is 43.5 Å². The lowest BCUT2D eigenvalue weighted by Crippen LogP contribution is -2.46. The minimum Gasteiger partial charge on any atom is -0.353 e. The highest BCUT2D eigenvalue weighted by molar-refractivity contribution is 5.85.